The number of ketones is 1. The molecule has 0 fully saturated rings. The largest absolute Gasteiger partial charge is 0.467 e. The first kappa shape index (κ1) is 18.0. The monoisotopic (exact) mass is 361 g/mol. The third-order valence-electron chi connectivity index (χ3n) is 4.24. The summed E-state index contributed by atoms with van der Waals surface area (Å²) in [4.78, 5) is 12.8. The summed E-state index contributed by atoms with van der Waals surface area (Å²) in [5.74, 6) is -0.123. The van der Waals surface area contributed by atoms with Crippen molar-refractivity contribution in [1.82, 2.24) is 5.32 Å². The molecule has 0 amide bonds. The van der Waals surface area contributed by atoms with Crippen molar-refractivity contribution in [3.8, 4) is 0 Å². The van der Waals surface area contributed by atoms with Crippen LogP contribution < -0.4 is 5.32 Å². The molecule has 0 spiro atoms. The summed E-state index contributed by atoms with van der Waals surface area (Å²) < 4.78 is 44.7. The molecule has 0 aromatic heterocycles. The Morgan fingerprint density at radius 2 is 1.85 bits per heavy atom. The van der Waals surface area contributed by atoms with E-state index in [9.17, 15) is 18.0 Å². The number of carbonyl (C=O) groups is 1. The summed E-state index contributed by atoms with van der Waals surface area (Å²) in [6, 6.07) is 12.4. The average molecular weight is 361 g/mol. The molecule has 1 heterocycles. The number of halogens is 3. The van der Waals surface area contributed by atoms with E-state index in [2.05, 4.69) is 5.32 Å². The molecule has 3 rings (SSSR count). The van der Waals surface area contributed by atoms with Crippen LogP contribution in [0.5, 0.6) is 0 Å². The number of alkyl halides is 3. The molecule has 1 unspecified atom stereocenters. The number of benzene rings is 2. The van der Waals surface area contributed by atoms with E-state index in [1.807, 2.05) is 31.2 Å². The number of hydrogen-bond acceptors (Lipinski definition) is 3. The predicted octanol–water partition coefficient (Wildman–Crippen LogP) is 4.11. The molecular formula is C20H18F3NO2. The molecule has 1 aliphatic rings. The van der Waals surface area contributed by atoms with Crippen LogP contribution in [0.2, 0.25) is 0 Å². The van der Waals surface area contributed by atoms with Crippen molar-refractivity contribution in [2.45, 2.75) is 25.6 Å². The van der Waals surface area contributed by atoms with Gasteiger partial charge in [-0.15, -0.1) is 0 Å². The maximum Gasteiger partial charge on any atom is 0.416 e. The Balaban J connectivity index is 1.91. The second-order valence-electron chi connectivity index (χ2n) is 6.20. The number of carbonyl (C=O) groups excluding carboxylic acids is 1. The number of aryl methyl sites for hydroxylation is 1. The van der Waals surface area contributed by atoms with E-state index in [4.69, 9.17) is 4.74 Å². The summed E-state index contributed by atoms with van der Waals surface area (Å²) in [7, 11) is 1.57. The fraction of sp³-hybridized carbons (Fsp3) is 0.250. The van der Waals surface area contributed by atoms with Gasteiger partial charge >= 0.3 is 6.18 Å². The van der Waals surface area contributed by atoms with Crippen LogP contribution in [0.1, 0.15) is 22.3 Å². The van der Waals surface area contributed by atoms with Crippen LogP contribution in [0, 0.1) is 6.92 Å². The van der Waals surface area contributed by atoms with Gasteiger partial charge in [0.15, 0.2) is 12.0 Å². The predicted molar refractivity (Wildman–Crippen MR) is 92.2 cm³/mol. The minimum Gasteiger partial charge on any atom is -0.467 e. The van der Waals surface area contributed by atoms with Crippen LogP contribution >= 0.6 is 0 Å². The first-order valence-electron chi connectivity index (χ1n) is 8.15. The second-order valence-corrected chi connectivity index (χ2v) is 6.20. The van der Waals surface area contributed by atoms with E-state index >= 15 is 0 Å². The number of Topliss-reactive ketones (excluding diaryl/α,β-unsaturated/α-hetero) is 1. The van der Waals surface area contributed by atoms with Crippen molar-refractivity contribution in [3.05, 3.63) is 76.7 Å². The Kier molecular flexibility index (Phi) is 4.76. The highest BCUT2D eigenvalue weighted by Gasteiger charge is 2.37. The summed E-state index contributed by atoms with van der Waals surface area (Å²) in [5, 5.41) is 2.78. The third-order valence-corrected chi connectivity index (χ3v) is 4.24. The summed E-state index contributed by atoms with van der Waals surface area (Å²) in [6.45, 7) is 1.95. The van der Waals surface area contributed by atoms with E-state index in [0.29, 0.717) is 6.42 Å². The average Bonchev–Trinajstić information content (AvgIpc) is 2.90. The molecule has 0 aliphatic carbocycles. The van der Waals surface area contributed by atoms with Crippen LogP contribution in [-0.2, 0) is 22.1 Å². The second kappa shape index (κ2) is 6.86. The van der Waals surface area contributed by atoms with E-state index in [1.165, 1.54) is 12.1 Å². The molecule has 0 saturated carbocycles. The lowest BCUT2D eigenvalue weighted by molar-refractivity contribution is -0.137. The molecule has 2 aromatic rings. The van der Waals surface area contributed by atoms with E-state index < -0.39 is 17.8 Å². The van der Waals surface area contributed by atoms with Gasteiger partial charge in [-0.2, -0.15) is 13.2 Å². The van der Waals surface area contributed by atoms with Gasteiger partial charge in [-0.05, 0) is 30.2 Å². The third kappa shape index (κ3) is 3.59. The quantitative estimate of drug-likeness (QED) is 0.891. The Morgan fingerprint density at radius 3 is 2.50 bits per heavy atom. The lowest BCUT2D eigenvalue weighted by Gasteiger charge is -2.11. The SMILES string of the molecule is CNC1=C(c2cccc(C(F)(F)F)c2)C(=O)C(Cc2cccc(C)c2)O1. The topological polar surface area (TPSA) is 38.3 Å². The van der Waals surface area contributed by atoms with Crippen molar-refractivity contribution < 1.29 is 22.7 Å². The number of nitrogens with one attached hydrogen (secondary N) is 1. The Labute approximate surface area is 149 Å². The fourth-order valence-corrected chi connectivity index (χ4v) is 3.02. The zero-order chi connectivity index (χ0) is 18.9. The number of hydrogen-bond donors (Lipinski definition) is 1. The molecule has 1 N–H and O–H groups in total. The van der Waals surface area contributed by atoms with E-state index in [1.54, 1.807) is 7.05 Å². The summed E-state index contributed by atoms with van der Waals surface area (Å²) >= 11 is 0. The standard InChI is InChI=1S/C20H18F3NO2/c1-12-5-3-6-13(9-12)10-16-18(25)17(19(24-2)26-16)14-7-4-8-15(11-14)20(21,22)23/h3-9,11,16,24H,10H2,1-2H3. The molecule has 2 aromatic carbocycles. The van der Waals surface area contributed by atoms with Gasteiger partial charge in [0, 0.05) is 13.5 Å². The van der Waals surface area contributed by atoms with Gasteiger partial charge in [0.25, 0.3) is 0 Å². The maximum atomic E-state index is 13.0. The smallest absolute Gasteiger partial charge is 0.416 e. The molecule has 0 bridgehead atoms. The van der Waals surface area contributed by atoms with Gasteiger partial charge < -0.3 is 10.1 Å². The van der Waals surface area contributed by atoms with Crippen LogP contribution in [0.15, 0.2) is 54.4 Å². The number of rotatable bonds is 4. The molecule has 6 heteroatoms. The summed E-state index contributed by atoms with van der Waals surface area (Å²) in [5.41, 5.74) is 1.54. The van der Waals surface area contributed by atoms with Gasteiger partial charge in [0.2, 0.25) is 5.78 Å². The van der Waals surface area contributed by atoms with Crippen LogP contribution in [0.4, 0.5) is 13.2 Å². The summed E-state index contributed by atoms with van der Waals surface area (Å²) in [6.07, 6.45) is -4.88. The zero-order valence-corrected chi connectivity index (χ0v) is 14.4. The van der Waals surface area contributed by atoms with Crippen LogP contribution in [-0.4, -0.2) is 18.9 Å². The Bertz CT molecular complexity index is 871. The first-order chi connectivity index (χ1) is 12.3. The molecule has 1 aliphatic heterocycles. The molecule has 3 nitrogen and oxygen atoms in total. The van der Waals surface area contributed by atoms with Crippen molar-refractivity contribution in [3.63, 3.8) is 0 Å². The van der Waals surface area contributed by atoms with Gasteiger partial charge in [-0.3, -0.25) is 4.79 Å². The molecule has 0 saturated heterocycles. The first-order valence-corrected chi connectivity index (χ1v) is 8.15. The highest BCUT2D eigenvalue weighted by molar-refractivity contribution is 6.25. The normalized spacial score (nSPS) is 17.4. The van der Waals surface area contributed by atoms with Crippen molar-refractivity contribution in [2.24, 2.45) is 0 Å². The van der Waals surface area contributed by atoms with Crippen molar-refractivity contribution >= 4 is 11.4 Å². The van der Waals surface area contributed by atoms with E-state index in [-0.39, 0.29) is 22.8 Å². The fourth-order valence-electron chi connectivity index (χ4n) is 3.02. The van der Waals surface area contributed by atoms with Crippen LogP contribution in [0.25, 0.3) is 5.57 Å². The van der Waals surface area contributed by atoms with Gasteiger partial charge in [-0.25, -0.2) is 0 Å². The van der Waals surface area contributed by atoms with E-state index in [0.717, 1.165) is 23.3 Å². The molecule has 26 heavy (non-hydrogen) atoms. The zero-order valence-electron chi connectivity index (χ0n) is 14.4. The molecular weight excluding hydrogens is 343 g/mol. The van der Waals surface area contributed by atoms with Crippen molar-refractivity contribution in [2.75, 3.05) is 7.05 Å². The maximum absolute atomic E-state index is 13.0. The minimum absolute atomic E-state index is 0.149. The van der Waals surface area contributed by atoms with Gasteiger partial charge in [0.1, 0.15) is 0 Å². The molecule has 136 valence electrons. The minimum atomic E-state index is -4.47. The lowest BCUT2D eigenvalue weighted by atomic mass is 9.95. The molecule has 0 radical (unpaired) electrons. The molecule has 1 atom stereocenters. The van der Waals surface area contributed by atoms with Crippen molar-refractivity contribution in [1.29, 1.82) is 0 Å². The highest BCUT2D eigenvalue weighted by atomic mass is 19.4. The highest BCUT2D eigenvalue weighted by Crippen LogP contribution is 2.34. The Morgan fingerprint density at radius 1 is 1.12 bits per heavy atom. The van der Waals surface area contributed by atoms with Gasteiger partial charge in [0.05, 0.1) is 11.1 Å². The van der Waals surface area contributed by atoms with Crippen LogP contribution in [0.3, 0.4) is 0 Å². The lowest BCUT2D eigenvalue weighted by Crippen LogP contribution is -2.21. The van der Waals surface area contributed by atoms with Gasteiger partial charge in [-0.1, -0.05) is 42.0 Å². The number of ether oxygens (including phenoxy) is 1. The Hall–Kier alpha value is -2.76.